The van der Waals surface area contributed by atoms with Crippen molar-refractivity contribution in [2.24, 2.45) is 0 Å². The molecule has 3 rings (SSSR count). The minimum atomic E-state index is -0.861. The van der Waals surface area contributed by atoms with Gasteiger partial charge in [0.25, 0.3) is 0 Å². The number of hydrogen-bond acceptors (Lipinski definition) is 4. The molecule has 0 unspecified atom stereocenters. The highest BCUT2D eigenvalue weighted by Crippen LogP contribution is 2.29. The molecule has 0 aliphatic carbocycles. The van der Waals surface area contributed by atoms with E-state index in [4.69, 9.17) is 9.84 Å². The number of fused-ring (bicyclic) bond motifs is 1. The van der Waals surface area contributed by atoms with Crippen molar-refractivity contribution in [2.75, 3.05) is 25.5 Å². The van der Waals surface area contributed by atoms with Crippen LogP contribution in [0, 0.1) is 0 Å². The Bertz CT molecular complexity index is 674. The Labute approximate surface area is 122 Å². The van der Waals surface area contributed by atoms with E-state index in [0.717, 1.165) is 28.8 Å². The van der Waals surface area contributed by atoms with Gasteiger partial charge in [-0.2, -0.15) is 0 Å². The molecule has 1 atom stereocenters. The van der Waals surface area contributed by atoms with Crippen molar-refractivity contribution in [1.29, 1.82) is 0 Å². The van der Waals surface area contributed by atoms with E-state index in [-0.39, 0.29) is 6.04 Å². The molecule has 6 heteroatoms. The number of benzene rings is 1. The lowest BCUT2D eigenvalue weighted by Gasteiger charge is -2.17. The molecule has 6 nitrogen and oxygen atoms in total. The van der Waals surface area contributed by atoms with Crippen LogP contribution >= 0.6 is 0 Å². The summed E-state index contributed by atoms with van der Waals surface area (Å²) >= 11 is 0. The molecule has 2 N–H and O–H groups in total. The molecule has 1 aromatic heterocycles. The zero-order valence-electron chi connectivity index (χ0n) is 11.7. The Balaban J connectivity index is 1.86. The van der Waals surface area contributed by atoms with Gasteiger partial charge in [-0.3, -0.25) is 4.98 Å². The molecule has 0 spiro atoms. The predicted octanol–water partition coefficient (Wildman–Crippen LogP) is 2.41. The predicted molar refractivity (Wildman–Crippen MR) is 79.9 cm³/mol. The van der Waals surface area contributed by atoms with Crippen LogP contribution in [-0.4, -0.2) is 47.3 Å². The minimum Gasteiger partial charge on any atom is -0.494 e. The van der Waals surface area contributed by atoms with E-state index < -0.39 is 6.09 Å². The molecule has 1 aromatic carbocycles. The lowest BCUT2D eigenvalue weighted by molar-refractivity contribution is 0.155. The van der Waals surface area contributed by atoms with Crippen LogP contribution < -0.4 is 10.1 Å². The summed E-state index contributed by atoms with van der Waals surface area (Å²) in [6.07, 6.45) is 1.68. The third kappa shape index (κ3) is 2.56. The standard InChI is InChI=1S/C15H17N3O3/c1-21-13-4-2-3-11-12(5-7-16-14(11)13)17-10-6-8-18(9-10)15(19)20/h2-5,7,10H,6,8-9H2,1H3,(H,16,17)(H,19,20)/t10-/m1/s1. The van der Waals surface area contributed by atoms with Gasteiger partial charge in [0.2, 0.25) is 0 Å². The second-order valence-electron chi connectivity index (χ2n) is 5.07. The Hall–Kier alpha value is -2.50. The lowest BCUT2D eigenvalue weighted by Crippen LogP contribution is -2.30. The van der Waals surface area contributed by atoms with E-state index in [0.29, 0.717) is 13.1 Å². The number of hydrogen-bond donors (Lipinski definition) is 2. The van der Waals surface area contributed by atoms with E-state index >= 15 is 0 Å². The monoisotopic (exact) mass is 287 g/mol. The van der Waals surface area contributed by atoms with E-state index in [9.17, 15) is 4.79 Å². The molecule has 2 heterocycles. The fourth-order valence-electron chi connectivity index (χ4n) is 2.71. The Morgan fingerprint density at radius 1 is 1.48 bits per heavy atom. The van der Waals surface area contributed by atoms with E-state index in [1.54, 1.807) is 13.3 Å². The first-order valence-electron chi connectivity index (χ1n) is 6.85. The van der Waals surface area contributed by atoms with Gasteiger partial charge in [-0.15, -0.1) is 0 Å². The second kappa shape index (κ2) is 5.47. The van der Waals surface area contributed by atoms with Gasteiger partial charge in [0.15, 0.2) is 0 Å². The summed E-state index contributed by atoms with van der Waals surface area (Å²) in [4.78, 5) is 16.8. The zero-order valence-corrected chi connectivity index (χ0v) is 11.7. The van der Waals surface area contributed by atoms with Crippen molar-refractivity contribution in [3.05, 3.63) is 30.5 Å². The zero-order chi connectivity index (χ0) is 14.8. The van der Waals surface area contributed by atoms with Gasteiger partial charge in [0.1, 0.15) is 11.3 Å². The van der Waals surface area contributed by atoms with Crippen molar-refractivity contribution in [2.45, 2.75) is 12.5 Å². The van der Waals surface area contributed by atoms with Gasteiger partial charge in [-0.25, -0.2) is 4.79 Å². The molecule has 1 aliphatic rings. The number of carbonyl (C=O) groups is 1. The fraction of sp³-hybridized carbons (Fsp3) is 0.333. The van der Waals surface area contributed by atoms with Gasteiger partial charge < -0.3 is 20.1 Å². The van der Waals surface area contributed by atoms with Crippen LogP contribution in [0.3, 0.4) is 0 Å². The molecule has 0 radical (unpaired) electrons. The summed E-state index contributed by atoms with van der Waals surface area (Å²) in [5, 5.41) is 13.4. The topological polar surface area (TPSA) is 74.7 Å². The highest BCUT2D eigenvalue weighted by molar-refractivity contribution is 5.94. The fourth-order valence-corrected chi connectivity index (χ4v) is 2.71. The van der Waals surface area contributed by atoms with Crippen LogP contribution in [0.5, 0.6) is 5.75 Å². The first-order valence-corrected chi connectivity index (χ1v) is 6.85. The van der Waals surface area contributed by atoms with Crippen molar-refractivity contribution in [1.82, 2.24) is 9.88 Å². The average Bonchev–Trinajstić information content (AvgIpc) is 2.96. The summed E-state index contributed by atoms with van der Waals surface area (Å²) in [6.45, 7) is 1.07. The minimum absolute atomic E-state index is 0.123. The summed E-state index contributed by atoms with van der Waals surface area (Å²) < 4.78 is 5.32. The molecule has 1 aliphatic heterocycles. The number of nitrogens with zero attached hydrogens (tertiary/aromatic N) is 2. The number of ether oxygens (including phenoxy) is 1. The van der Waals surface area contributed by atoms with E-state index in [1.165, 1.54) is 4.90 Å². The van der Waals surface area contributed by atoms with Gasteiger partial charge >= 0.3 is 6.09 Å². The van der Waals surface area contributed by atoms with Crippen LogP contribution in [-0.2, 0) is 0 Å². The number of anilines is 1. The molecule has 1 fully saturated rings. The SMILES string of the molecule is COc1cccc2c(N[C@@H]3CCN(C(=O)O)C3)ccnc12. The smallest absolute Gasteiger partial charge is 0.407 e. The summed E-state index contributed by atoms with van der Waals surface area (Å²) in [5.41, 5.74) is 1.76. The van der Waals surface area contributed by atoms with Crippen molar-refractivity contribution in [3.63, 3.8) is 0 Å². The maximum atomic E-state index is 11.0. The molecule has 21 heavy (non-hydrogen) atoms. The van der Waals surface area contributed by atoms with Crippen LogP contribution in [0.25, 0.3) is 10.9 Å². The number of para-hydroxylation sites is 1. The number of carboxylic acid groups (broad SMARTS) is 1. The van der Waals surface area contributed by atoms with Crippen molar-refractivity contribution < 1.29 is 14.6 Å². The number of methoxy groups -OCH3 is 1. The molecule has 2 aromatic rings. The maximum absolute atomic E-state index is 11.0. The summed E-state index contributed by atoms with van der Waals surface area (Å²) in [6, 6.07) is 7.81. The van der Waals surface area contributed by atoms with Gasteiger partial charge in [-0.1, -0.05) is 12.1 Å². The van der Waals surface area contributed by atoms with Crippen LogP contribution in [0.2, 0.25) is 0 Å². The largest absolute Gasteiger partial charge is 0.494 e. The average molecular weight is 287 g/mol. The number of likely N-dealkylation sites (tertiary alicyclic amines) is 1. The van der Waals surface area contributed by atoms with Crippen molar-refractivity contribution >= 4 is 22.7 Å². The third-order valence-corrected chi connectivity index (χ3v) is 3.77. The number of rotatable bonds is 3. The first kappa shape index (κ1) is 13.5. The quantitative estimate of drug-likeness (QED) is 0.906. The molecule has 110 valence electrons. The Morgan fingerprint density at radius 3 is 3.05 bits per heavy atom. The highest BCUT2D eigenvalue weighted by atomic mass is 16.5. The lowest BCUT2D eigenvalue weighted by atomic mass is 10.1. The van der Waals surface area contributed by atoms with Gasteiger partial charge in [0.05, 0.1) is 7.11 Å². The van der Waals surface area contributed by atoms with Crippen LogP contribution in [0.4, 0.5) is 10.5 Å². The van der Waals surface area contributed by atoms with E-state index in [1.807, 2.05) is 24.3 Å². The highest BCUT2D eigenvalue weighted by Gasteiger charge is 2.26. The third-order valence-electron chi connectivity index (χ3n) is 3.77. The summed E-state index contributed by atoms with van der Waals surface area (Å²) in [7, 11) is 1.62. The maximum Gasteiger partial charge on any atom is 0.407 e. The van der Waals surface area contributed by atoms with Gasteiger partial charge in [-0.05, 0) is 18.6 Å². The molecule has 0 saturated carbocycles. The van der Waals surface area contributed by atoms with Crippen LogP contribution in [0.1, 0.15) is 6.42 Å². The summed E-state index contributed by atoms with van der Waals surface area (Å²) in [5.74, 6) is 0.731. The number of aromatic nitrogens is 1. The Kier molecular flexibility index (Phi) is 3.51. The normalized spacial score (nSPS) is 18.0. The number of pyridine rings is 1. The molecular weight excluding hydrogens is 270 g/mol. The molecular formula is C15H17N3O3. The number of nitrogens with one attached hydrogen (secondary N) is 1. The van der Waals surface area contributed by atoms with Crippen molar-refractivity contribution in [3.8, 4) is 5.75 Å². The van der Waals surface area contributed by atoms with Crippen LogP contribution in [0.15, 0.2) is 30.5 Å². The molecule has 0 bridgehead atoms. The molecule has 1 saturated heterocycles. The Morgan fingerprint density at radius 2 is 2.33 bits per heavy atom. The van der Waals surface area contributed by atoms with E-state index in [2.05, 4.69) is 10.3 Å². The first-order chi connectivity index (χ1) is 10.2. The second-order valence-corrected chi connectivity index (χ2v) is 5.07. The number of amides is 1. The molecule has 1 amide bonds. The van der Waals surface area contributed by atoms with Gasteiger partial charge in [0, 0.05) is 36.4 Å².